The van der Waals surface area contributed by atoms with Gasteiger partial charge in [0, 0.05) is 25.1 Å². The number of hydrogen-bond donors (Lipinski definition) is 1. The molecule has 1 amide bonds. The van der Waals surface area contributed by atoms with Crippen LogP contribution in [0.25, 0.3) is 10.9 Å². The van der Waals surface area contributed by atoms with Crippen molar-refractivity contribution in [3.63, 3.8) is 0 Å². The first-order valence-electron chi connectivity index (χ1n) is 6.84. The number of rotatable bonds is 5. The molecule has 0 radical (unpaired) electrons. The van der Waals surface area contributed by atoms with Crippen LogP contribution in [0.15, 0.2) is 24.4 Å². The third-order valence-electron chi connectivity index (χ3n) is 3.54. The Morgan fingerprint density at radius 2 is 2.29 bits per heavy atom. The summed E-state index contributed by atoms with van der Waals surface area (Å²) in [6.07, 6.45) is 2.38. The molecule has 2 aromatic rings. The maximum atomic E-state index is 11.0. The Morgan fingerprint density at radius 1 is 1.48 bits per heavy atom. The molecule has 1 aliphatic heterocycles. The summed E-state index contributed by atoms with van der Waals surface area (Å²) >= 11 is 0. The number of amides is 1. The number of fused-ring (bicyclic) bond motifs is 1. The zero-order valence-corrected chi connectivity index (χ0v) is 12.1. The molecule has 1 aliphatic rings. The number of benzene rings is 1. The molecule has 6 heteroatoms. The van der Waals surface area contributed by atoms with E-state index in [9.17, 15) is 4.79 Å². The Balaban J connectivity index is 1.94. The molecule has 1 saturated heterocycles. The van der Waals surface area contributed by atoms with Crippen molar-refractivity contribution in [3.8, 4) is 5.75 Å². The number of carbonyl (C=O) groups is 1. The van der Waals surface area contributed by atoms with Crippen LogP contribution in [0, 0.1) is 0 Å². The lowest BCUT2D eigenvalue weighted by Gasteiger charge is -2.28. The molecule has 0 saturated carbocycles. The number of ether oxygens (including phenoxy) is 3. The van der Waals surface area contributed by atoms with Gasteiger partial charge in [0.25, 0.3) is 0 Å². The number of hydrogen-bond acceptors (Lipinski definition) is 4. The maximum absolute atomic E-state index is 11.0. The third-order valence-corrected chi connectivity index (χ3v) is 3.54. The first kappa shape index (κ1) is 13.9. The molecule has 112 valence electrons. The lowest BCUT2D eigenvalue weighted by atomic mass is 10.1. The number of nitrogens with zero attached hydrogens (tertiary/aromatic N) is 1. The normalized spacial score (nSPS) is 15.0. The first-order valence-corrected chi connectivity index (χ1v) is 6.84. The van der Waals surface area contributed by atoms with Crippen LogP contribution in [0.4, 0.5) is 0 Å². The van der Waals surface area contributed by atoms with Crippen LogP contribution in [0.2, 0.25) is 0 Å². The van der Waals surface area contributed by atoms with Crippen LogP contribution in [0.1, 0.15) is 18.9 Å². The summed E-state index contributed by atoms with van der Waals surface area (Å²) in [4.78, 5) is 11.0. The monoisotopic (exact) mass is 290 g/mol. The van der Waals surface area contributed by atoms with Crippen LogP contribution in [0.3, 0.4) is 0 Å². The summed E-state index contributed by atoms with van der Waals surface area (Å²) in [6, 6.07) is 5.89. The van der Waals surface area contributed by atoms with Crippen molar-refractivity contribution < 1.29 is 19.0 Å². The quantitative estimate of drug-likeness (QED) is 0.912. The second-order valence-corrected chi connectivity index (χ2v) is 4.94. The van der Waals surface area contributed by atoms with Crippen LogP contribution in [-0.4, -0.2) is 30.9 Å². The summed E-state index contributed by atoms with van der Waals surface area (Å²) in [5.74, 6) is 0.776. The summed E-state index contributed by atoms with van der Waals surface area (Å²) in [7, 11) is 1.65. The van der Waals surface area contributed by atoms with E-state index in [2.05, 4.69) is 5.32 Å². The molecule has 0 aliphatic carbocycles. The second-order valence-electron chi connectivity index (χ2n) is 4.94. The molecule has 0 unspecified atom stereocenters. The van der Waals surface area contributed by atoms with Gasteiger partial charge < -0.3 is 19.5 Å². The van der Waals surface area contributed by atoms with E-state index in [-0.39, 0.29) is 12.3 Å². The van der Waals surface area contributed by atoms with Crippen LogP contribution < -0.4 is 10.1 Å². The summed E-state index contributed by atoms with van der Waals surface area (Å²) in [5.41, 5.74) is 2.15. The Bertz CT molecular complexity index is 661. The highest BCUT2D eigenvalue weighted by Gasteiger charge is 2.23. The fraction of sp³-hybridized carbons (Fsp3) is 0.400. The highest BCUT2D eigenvalue weighted by Crippen LogP contribution is 2.31. The molecule has 2 heterocycles. The van der Waals surface area contributed by atoms with Gasteiger partial charge in [-0.1, -0.05) is 0 Å². The first-order chi connectivity index (χ1) is 10.2. The zero-order valence-electron chi connectivity index (χ0n) is 12.1. The van der Waals surface area contributed by atoms with Gasteiger partial charge in [-0.3, -0.25) is 9.36 Å². The Morgan fingerprint density at radius 3 is 2.90 bits per heavy atom. The fourth-order valence-electron chi connectivity index (χ4n) is 2.47. The van der Waals surface area contributed by atoms with E-state index in [0.29, 0.717) is 13.3 Å². The molecule has 6 nitrogen and oxygen atoms in total. The van der Waals surface area contributed by atoms with Crippen molar-refractivity contribution in [2.75, 3.05) is 20.4 Å². The van der Waals surface area contributed by atoms with Gasteiger partial charge in [-0.05, 0) is 30.2 Å². The maximum Gasteiger partial charge on any atom is 0.248 e. The van der Waals surface area contributed by atoms with Crippen molar-refractivity contribution in [1.82, 2.24) is 9.88 Å². The molecule has 0 atom stereocenters. The Kier molecular flexibility index (Phi) is 3.81. The average molecular weight is 290 g/mol. The number of methoxy groups -OCH3 is 1. The van der Waals surface area contributed by atoms with Gasteiger partial charge in [-0.15, -0.1) is 0 Å². The molecular weight excluding hydrogens is 272 g/mol. The van der Waals surface area contributed by atoms with Gasteiger partial charge in [-0.25, -0.2) is 0 Å². The highest BCUT2D eigenvalue weighted by molar-refractivity contribution is 5.85. The number of carbonyl (C=O) groups excluding carboxylic acids is 1. The van der Waals surface area contributed by atoms with Gasteiger partial charge in [0.1, 0.15) is 5.75 Å². The van der Waals surface area contributed by atoms with Crippen LogP contribution in [0.5, 0.6) is 5.75 Å². The van der Waals surface area contributed by atoms with E-state index in [4.69, 9.17) is 14.2 Å². The summed E-state index contributed by atoms with van der Waals surface area (Å²) < 4.78 is 18.0. The van der Waals surface area contributed by atoms with E-state index in [0.717, 1.165) is 28.6 Å². The van der Waals surface area contributed by atoms with Gasteiger partial charge in [0.05, 0.1) is 12.6 Å². The minimum atomic E-state index is -0.365. The van der Waals surface area contributed by atoms with Crippen LogP contribution in [-0.2, 0) is 20.7 Å². The summed E-state index contributed by atoms with van der Waals surface area (Å²) in [5, 5.41) is 3.89. The third kappa shape index (κ3) is 2.72. The van der Waals surface area contributed by atoms with Crippen molar-refractivity contribution in [1.29, 1.82) is 0 Å². The Hall–Kier alpha value is -2.05. The standard InChI is InChI=1S/C15H18N2O4/c1-10(18)16-6-5-11-8-17(15-20-9-21-15)14-4-3-12(19-2)7-13(11)14/h3-4,7-8,15H,5-6,9H2,1-2H3,(H,16,18). The molecule has 3 rings (SSSR count). The minimum Gasteiger partial charge on any atom is -0.497 e. The van der Waals surface area contributed by atoms with Gasteiger partial charge >= 0.3 is 0 Å². The smallest absolute Gasteiger partial charge is 0.248 e. The Labute approximate surface area is 122 Å². The minimum absolute atomic E-state index is 0.0259. The van der Waals surface area contributed by atoms with E-state index in [1.54, 1.807) is 7.11 Å². The molecule has 21 heavy (non-hydrogen) atoms. The summed E-state index contributed by atoms with van der Waals surface area (Å²) in [6.45, 7) is 2.43. The molecular formula is C15H18N2O4. The van der Waals surface area contributed by atoms with E-state index >= 15 is 0 Å². The molecule has 1 aromatic heterocycles. The number of nitrogens with one attached hydrogen (secondary N) is 1. The van der Waals surface area contributed by atoms with E-state index < -0.39 is 0 Å². The van der Waals surface area contributed by atoms with E-state index in [1.807, 2.05) is 29.0 Å². The SMILES string of the molecule is COc1ccc2c(c1)c(CCNC(C)=O)cn2C1OCO1. The van der Waals surface area contributed by atoms with Gasteiger partial charge in [-0.2, -0.15) is 0 Å². The zero-order chi connectivity index (χ0) is 14.8. The predicted molar refractivity (Wildman–Crippen MR) is 77.0 cm³/mol. The second kappa shape index (κ2) is 5.75. The van der Waals surface area contributed by atoms with Crippen LogP contribution >= 0.6 is 0 Å². The molecule has 0 bridgehead atoms. The largest absolute Gasteiger partial charge is 0.497 e. The van der Waals surface area contributed by atoms with Crippen molar-refractivity contribution in [2.24, 2.45) is 0 Å². The highest BCUT2D eigenvalue weighted by atomic mass is 16.9. The number of aromatic nitrogens is 1. The lowest BCUT2D eigenvalue weighted by molar-refractivity contribution is -0.359. The van der Waals surface area contributed by atoms with Gasteiger partial charge in [0.2, 0.25) is 12.3 Å². The van der Waals surface area contributed by atoms with Crippen molar-refractivity contribution in [2.45, 2.75) is 19.8 Å². The predicted octanol–water partition coefficient (Wildman–Crippen LogP) is 1.79. The van der Waals surface area contributed by atoms with Gasteiger partial charge in [0.15, 0.2) is 6.79 Å². The molecule has 0 spiro atoms. The van der Waals surface area contributed by atoms with Crippen molar-refractivity contribution in [3.05, 3.63) is 30.0 Å². The van der Waals surface area contributed by atoms with E-state index in [1.165, 1.54) is 6.92 Å². The lowest BCUT2D eigenvalue weighted by Crippen LogP contribution is -2.27. The molecule has 1 aromatic carbocycles. The molecule has 1 fully saturated rings. The topological polar surface area (TPSA) is 61.7 Å². The van der Waals surface area contributed by atoms with Crippen molar-refractivity contribution >= 4 is 16.8 Å². The fourth-order valence-corrected chi connectivity index (χ4v) is 2.47. The average Bonchev–Trinajstić information content (AvgIpc) is 2.75. The molecule has 1 N–H and O–H groups in total.